The van der Waals surface area contributed by atoms with Gasteiger partial charge in [0.25, 0.3) is 0 Å². The summed E-state index contributed by atoms with van der Waals surface area (Å²) in [5, 5.41) is 8.24. The molecule has 0 aliphatic rings. The number of hydrogen-bond donors (Lipinski definition) is 3. The minimum Gasteiger partial charge on any atom is -0.325 e. The van der Waals surface area contributed by atoms with Crippen molar-refractivity contribution < 1.29 is 9.59 Å². The Morgan fingerprint density at radius 3 is 2.00 bits per heavy atom. The summed E-state index contributed by atoms with van der Waals surface area (Å²) in [5.74, 6) is 0.702. The molecular weight excluding hydrogens is 382 g/mol. The topological polar surface area (TPSA) is 70.2 Å². The molecule has 0 aliphatic heterocycles. The van der Waals surface area contributed by atoms with Crippen molar-refractivity contribution in [2.24, 2.45) is 0 Å². The average Bonchev–Trinajstić information content (AvgIpc) is 2.73. The van der Waals surface area contributed by atoms with E-state index in [-0.39, 0.29) is 17.2 Å². The minimum atomic E-state index is -0.341. The monoisotopic (exact) mass is 405 g/mol. The van der Waals surface area contributed by atoms with Crippen LogP contribution in [0.2, 0.25) is 0 Å². The van der Waals surface area contributed by atoms with E-state index in [0.29, 0.717) is 17.1 Å². The van der Waals surface area contributed by atoms with Gasteiger partial charge in [0.05, 0.1) is 5.25 Å². The number of amides is 3. The van der Waals surface area contributed by atoms with E-state index in [1.165, 1.54) is 5.56 Å². The number of thioether (sulfide) groups is 1. The number of benzene rings is 3. The Labute approximate surface area is 174 Å². The number of carbonyl (C=O) groups is 2. The lowest BCUT2D eigenvalue weighted by atomic mass is 10.2. The Kier molecular flexibility index (Phi) is 7.30. The lowest BCUT2D eigenvalue weighted by Gasteiger charge is -2.13. The van der Waals surface area contributed by atoms with Gasteiger partial charge in [0.2, 0.25) is 5.91 Å². The molecule has 148 valence electrons. The molecule has 6 heteroatoms. The van der Waals surface area contributed by atoms with Crippen molar-refractivity contribution in [2.45, 2.75) is 17.9 Å². The molecule has 3 aromatic rings. The van der Waals surface area contributed by atoms with Gasteiger partial charge >= 0.3 is 6.03 Å². The van der Waals surface area contributed by atoms with E-state index >= 15 is 0 Å². The molecule has 0 fully saturated rings. The molecular formula is C23H23N3O2S. The summed E-state index contributed by atoms with van der Waals surface area (Å²) >= 11 is 1.58. The quantitative estimate of drug-likeness (QED) is 0.480. The normalized spacial score (nSPS) is 11.3. The van der Waals surface area contributed by atoms with E-state index in [1.54, 1.807) is 36.0 Å². The number of hydrogen-bond acceptors (Lipinski definition) is 3. The number of anilines is 3. The van der Waals surface area contributed by atoms with Gasteiger partial charge in [0.1, 0.15) is 0 Å². The van der Waals surface area contributed by atoms with E-state index in [2.05, 4.69) is 16.0 Å². The predicted molar refractivity (Wildman–Crippen MR) is 121 cm³/mol. The van der Waals surface area contributed by atoms with Crippen molar-refractivity contribution in [3.05, 3.63) is 90.5 Å². The zero-order valence-electron chi connectivity index (χ0n) is 16.1. The maximum absolute atomic E-state index is 12.5. The number of urea groups is 1. The SMILES string of the molecule is CC(SCc1ccccc1)C(=O)Nc1cccc(NC(=O)Nc2ccccc2)c1. The molecule has 1 unspecified atom stereocenters. The van der Waals surface area contributed by atoms with Gasteiger partial charge in [-0.1, -0.05) is 54.6 Å². The first-order valence-electron chi connectivity index (χ1n) is 9.29. The zero-order valence-corrected chi connectivity index (χ0v) is 16.9. The van der Waals surface area contributed by atoms with Crippen LogP contribution in [0.4, 0.5) is 21.9 Å². The first-order chi connectivity index (χ1) is 14.1. The third kappa shape index (κ3) is 6.69. The van der Waals surface area contributed by atoms with Gasteiger partial charge in [0, 0.05) is 22.8 Å². The number of nitrogens with one attached hydrogen (secondary N) is 3. The van der Waals surface area contributed by atoms with E-state index in [9.17, 15) is 9.59 Å². The number of para-hydroxylation sites is 1. The van der Waals surface area contributed by atoms with Crippen molar-refractivity contribution in [3.8, 4) is 0 Å². The van der Waals surface area contributed by atoms with Gasteiger partial charge < -0.3 is 16.0 Å². The van der Waals surface area contributed by atoms with Crippen molar-refractivity contribution in [1.29, 1.82) is 0 Å². The Balaban J connectivity index is 1.52. The van der Waals surface area contributed by atoms with Crippen LogP contribution in [0.15, 0.2) is 84.9 Å². The predicted octanol–water partition coefficient (Wildman–Crippen LogP) is 5.59. The highest BCUT2D eigenvalue weighted by molar-refractivity contribution is 7.99. The molecule has 0 aliphatic carbocycles. The summed E-state index contributed by atoms with van der Waals surface area (Å²) in [6, 6.07) is 26.0. The highest BCUT2D eigenvalue weighted by Gasteiger charge is 2.14. The van der Waals surface area contributed by atoms with Crippen LogP contribution in [0.3, 0.4) is 0 Å². The number of rotatable bonds is 7. The van der Waals surface area contributed by atoms with E-state index in [1.807, 2.05) is 67.6 Å². The molecule has 1 atom stereocenters. The van der Waals surface area contributed by atoms with Gasteiger partial charge in [-0.05, 0) is 42.8 Å². The van der Waals surface area contributed by atoms with Crippen LogP contribution >= 0.6 is 11.8 Å². The molecule has 3 aromatic carbocycles. The van der Waals surface area contributed by atoms with Crippen LogP contribution in [0, 0.1) is 0 Å². The summed E-state index contributed by atoms with van der Waals surface area (Å²) in [6.45, 7) is 1.89. The summed E-state index contributed by atoms with van der Waals surface area (Å²) in [6.07, 6.45) is 0. The van der Waals surface area contributed by atoms with E-state index in [4.69, 9.17) is 0 Å². The molecule has 3 N–H and O–H groups in total. The Morgan fingerprint density at radius 2 is 1.31 bits per heavy atom. The van der Waals surface area contributed by atoms with Crippen molar-refractivity contribution >= 4 is 40.8 Å². The van der Waals surface area contributed by atoms with Gasteiger partial charge in [-0.3, -0.25) is 4.79 Å². The van der Waals surface area contributed by atoms with Crippen molar-refractivity contribution in [2.75, 3.05) is 16.0 Å². The van der Waals surface area contributed by atoms with E-state index in [0.717, 1.165) is 5.75 Å². The molecule has 0 bridgehead atoms. The first kappa shape index (κ1) is 20.5. The Morgan fingerprint density at radius 1 is 0.759 bits per heavy atom. The van der Waals surface area contributed by atoms with Crippen LogP contribution < -0.4 is 16.0 Å². The van der Waals surface area contributed by atoms with Crippen molar-refractivity contribution in [3.63, 3.8) is 0 Å². The summed E-state index contributed by atoms with van der Waals surface area (Å²) < 4.78 is 0. The molecule has 3 rings (SSSR count). The molecule has 0 heterocycles. The molecule has 0 aromatic heterocycles. The van der Waals surface area contributed by atoms with Gasteiger partial charge in [-0.2, -0.15) is 0 Å². The fourth-order valence-electron chi connectivity index (χ4n) is 2.60. The molecule has 0 radical (unpaired) electrons. The molecule has 0 saturated carbocycles. The van der Waals surface area contributed by atoms with Gasteiger partial charge in [-0.25, -0.2) is 4.79 Å². The third-order valence-corrected chi connectivity index (χ3v) is 5.35. The third-order valence-electron chi connectivity index (χ3n) is 4.13. The van der Waals surface area contributed by atoms with Crippen molar-refractivity contribution in [1.82, 2.24) is 0 Å². The fourth-order valence-corrected chi connectivity index (χ4v) is 3.45. The van der Waals surface area contributed by atoms with Crippen LogP contribution in [0.1, 0.15) is 12.5 Å². The summed E-state index contributed by atoms with van der Waals surface area (Å²) in [7, 11) is 0. The highest BCUT2D eigenvalue weighted by atomic mass is 32.2. The molecule has 5 nitrogen and oxygen atoms in total. The molecule has 0 saturated heterocycles. The smallest absolute Gasteiger partial charge is 0.323 e. The number of carbonyl (C=O) groups excluding carboxylic acids is 2. The largest absolute Gasteiger partial charge is 0.325 e. The average molecular weight is 406 g/mol. The molecule has 0 spiro atoms. The van der Waals surface area contributed by atoms with Gasteiger partial charge in [-0.15, -0.1) is 11.8 Å². The second-order valence-electron chi connectivity index (χ2n) is 6.45. The van der Waals surface area contributed by atoms with Gasteiger partial charge in [0.15, 0.2) is 0 Å². The summed E-state index contributed by atoms with van der Waals surface area (Å²) in [4.78, 5) is 24.6. The fraction of sp³-hybridized carbons (Fsp3) is 0.130. The van der Waals surface area contributed by atoms with Crippen LogP contribution in [0.5, 0.6) is 0 Å². The van der Waals surface area contributed by atoms with Crippen LogP contribution in [-0.4, -0.2) is 17.2 Å². The van der Waals surface area contributed by atoms with E-state index < -0.39 is 0 Å². The second-order valence-corrected chi connectivity index (χ2v) is 7.78. The lowest BCUT2D eigenvalue weighted by Crippen LogP contribution is -2.23. The van der Waals surface area contributed by atoms with Crippen LogP contribution in [0.25, 0.3) is 0 Å². The minimum absolute atomic E-state index is 0.0724. The molecule has 29 heavy (non-hydrogen) atoms. The lowest BCUT2D eigenvalue weighted by molar-refractivity contribution is -0.115. The maximum atomic E-state index is 12.5. The maximum Gasteiger partial charge on any atom is 0.323 e. The highest BCUT2D eigenvalue weighted by Crippen LogP contribution is 2.21. The first-order valence-corrected chi connectivity index (χ1v) is 10.3. The summed E-state index contributed by atoms with van der Waals surface area (Å²) in [5.41, 5.74) is 3.13. The molecule has 3 amide bonds. The zero-order chi connectivity index (χ0) is 20.5. The Bertz CT molecular complexity index is 949. The second kappa shape index (κ2) is 10.3. The standard InChI is InChI=1S/C23H23N3O2S/c1-17(29-16-18-9-4-2-5-10-18)22(27)24-20-13-8-14-21(15-20)26-23(28)25-19-11-6-3-7-12-19/h2-15,17H,16H2,1H3,(H,24,27)(H2,25,26,28). The van der Waals surface area contributed by atoms with Crippen LogP contribution in [-0.2, 0) is 10.5 Å². The Hall–Kier alpha value is -3.25.